The standard InChI is InChI=1S/C8H15BN/c1-2-8-3-5-10(7-9)6-4-8/h7-8H,2-6H2,1H3. The first-order valence-electron chi connectivity index (χ1n) is 4.16. The zero-order valence-corrected chi connectivity index (χ0v) is 6.71. The fourth-order valence-corrected chi connectivity index (χ4v) is 1.51. The van der Waals surface area contributed by atoms with Crippen molar-refractivity contribution in [2.75, 3.05) is 13.1 Å². The molecular weight excluding hydrogens is 121 g/mol. The molecule has 10 heavy (non-hydrogen) atoms. The molecule has 0 aliphatic carbocycles. The molecule has 1 fully saturated rings. The van der Waals surface area contributed by atoms with Crippen molar-refractivity contribution in [2.45, 2.75) is 26.2 Å². The fourth-order valence-electron chi connectivity index (χ4n) is 1.51. The average Bonchev–Trinajstić information content (AvgIpc) is 2.05. The monoisotopic (exact) mass is 136 g/mol. The Bertz CT molecular complexity index is 106. The van der Waals surface area contributed by atoms with Crippen LogP contribution in [0.25, 0.3) is 0 Å². The molecule has 0 bridgehead atoms. The first-order chi connectivity index (χ1) is 4.86. The van der Waals surface area contributed by atoms with Crippen molar-refractivity contribution in [2.24, 2.45) is 5.92 Å². The van der Waals surface area contributed by atoms with Gasteiger partial charge in [0.05, 0.1) is 0 Å². The van der Waals surface area contributed by atoms with Crippen molar-refractivity contribution in [1.29, 1.82) is 0 Å². The number of likely N-dealkylation sites (tertiary alicyclic amines) is 1. The Kier molecular flexibility index (Phi) is 2.97. The van der Waals surface area contributed by atoms with E-state index in [1.165, 1.54) is 19.3 Å². The molecular formula is C8H15BN. The summed E-state index contributed by atoms with van der Waals surface area (Å²) < 4.78 is 0. The summed E-state index contributed by atoms with van der Waals surface area (Å²) in [5.74, 6) is 0.955. The van der Waals surface area contributed by atoms with Gasteiger partial charge in [0, 0.05) is 0 Å². The first kappa shape index (κ1) is 7.84. The maximum absolute atomic E-state index is 5.39. The number of rotatable bonds is 2. The van der Waals surface area contributed by atoms with Gasteiger partial charge in [0.1, 0.15) is 0 Å². The van der Waals surface area contributed by atoms with Gasteiger partial charge in [-0.1, -0.05) is 0 Å². The first-order valence-corrected chi connectivity index (χ1v) is 4.16. The van der Waals surface area contributed by atoms with Crippen molar-refractivity contribution < 1.29 is 0 Å². The minimum absolute atomic E-state index is 0.955. The third kappa shape index (κ3) is 1.86. The summed E-state index contributed by atoms with van der Waals surface area (Å²) in [6, 6.07) is 0. The van der Waals surface area contributed by atoms with Crippen LogP contribution in [0.4, 0.5) is 0 Å². The molecule has 1 rings (SSSR count). The summed E-state index contributed by atoms with van der Waals surface area (Å²) in [6.45, 7) is 4.59. The van der Waals surface area contributed by atoms with Gasteiger partial charge in [0.15, 0.2) is 0 Å². The number of hydrogen-bond donors (Lipinski definition) is 0. The van der Waals surface area contributed by atoms with Gasteiger partial charge in [-0.15, -0.1) is 0 Å². The SMILES string of the molecule is [B]=CN1CCC(CC)CC1. The molecule has 1 aliphatic heterocycles. The normalized spacial score (nSPS) is 21.0. The number of hydrogen-bond acceptors (Lipinski definition) is 1. The molecule has 2 heteroatoms. The quantitative estimate of drug-likeness (QED) is 0.512. The van der Waals surface area contributed by atoms with Crippen LogP contribution in [-0.4, -0.2) is 31.6 Å². The van der Waals surface area contributed by atoms with Gasteiger partial charge in [-0.3, -0.25) is 0 Å². The molecule has 1 aliphatic rings. The summed E-state index contributed by atoms with van der Waals surface area (Å²) in [6.07, 6.45) is 5.69. The van der Waals surface area contributed by atoms with E-state index in [0.717, 1.165) is 19.0 Å². The van der Waals surface area contributed by atoms with E-state index >= 15 is 0 Å². The average molecular weight is 136 g/mol. The van der Waals surface area contributed by atoms with Crippen LogP contribution in [0.15, 0.2) is 0 Å². The zero-order valence-electron chi connectivity index (χ0n) is 6.71. The Morgan fingerprint density at radius 3 is 2.50 bits per heavy atom. The fraction of sp³-hybridized carbons (Fsp3) is 0.875. The molecule has 0 aromatic rings. The zero-order chi connectivity index (χ0) is 7.40. The second-order valence-corrected chi connectivity index (χ2v) is 3.04. The molecule has 0 amide bonds. The Balaban J connectivity index is 2.23. The maximum atomic E-state index is 5.39. The van der Waals surface area contributed by atoms with Crippen molar-refractivity contribution in [3.63, 3.8) is 0 Å². The van der Waals surface area contributed by atoms with Gasteiger partial charge >= 0.3 is 63.7 Å². The molecule has 0 atom stereocenters. The van der Waals surface area contributed by atoms with Crippen LogP contribution in [0.3, 0.4) is 0 Å². The van der Waals surface area contributed by atoms with Crippen molar-refractivity contribution in [1.82, 2.24) is 4.90 Å². The molecule has 0 saturated carbocycles. The molecule has 0 spiro atoms. The van der Waals surface area contributed by atoms with Gasteiger partial charge < -0.3 is 0 Å². The van der Waals surface area contributed by atoms with E-state index in [1.54, 1.807) is 6.09 Å². The van der Waals surface area contributed by atoms with Crippen molar-refractivity contribution in [3.05, 3.63) is 0 Å². The molecule has 1 heterocycles. The van der Waals surface area contributed by atoms with E-state index in [2.05, 4.69) is 11.8 Å². The Morgan fingerprint density at radius 1 is 1.50 bits per heavy atom. The van der Waals surface area contributed by atoms with Crippen molar-refractivity contribution >= 4 is 13.6 Å². The number of nitrogens with zero attached hydrogens (tertiary/aromatic N) is 1. The second kappa shape index (κ2) is 3.79. The van der Waals surface area contributed by atoms with Crippen LogP contribution in [0, 0.1) is 5.92 Å². The predicted octanol–water partition coefficient (Wildman–Crippen LogP) is 1.04. The summed E-state index contributed by atoms with van der Waals surface area (Å²) in [5.41, 5.74) is 0. The molecule has 1 saturated heterocycles. The number of piperidine rings is 1. The molecule has 0 N–H and O–H groups in total. The molecule has 0 aromatic heterocycles. The Hall–Kier alpha value is -0.265. The van der Waals surface area contributed by atoms with Crippen LogP contribution < -0.4 is 0 Å². The van der Waals surface area contributed by atoms with E-state index in [1.807, 2.05) is 0 Å². The molecule has 0 aromatic carbocycles. The summed E-state index contributed by atoms with van der Waals surface area (Å²) >= 11 is 0. The third-order valence-electron chi connectivity index (χ3n) is 2.44. The van der Waals surface area contributed by atoms with Crippen LogP contribution in [0.2, 0.25) is 0 Å². The van der Waals surface area contributed by atoms with Crippen LogP contribution >= 0.6 is 0 Å². The van der Waals surface area contributed by atoms with E-state index in [0.29, 0.717) is 0 Å². The van der Waals surface area contributed by atoms with Gasteiger partial charge in [0.2, 0.25) is 0 Å². The third-order valence-corrected chi connectivity index (χ3v) is 2.44. The van der Waals surface area contributed by atoms with E-state index < -0.39 is 0 Å². The topological polar surface area (TPSA) is 3.24 Å². The van der Waals surface area contributed by atoms with E-state index in [9.17, 15) is 0 Å². The molecule has 1 nitrogen and oxygen atoms in total. The van der Waals surface area contributed by atoms with Crippen molar-refractivity contribution in [3.8, 4) is 0 Å². The Labute approximate surface area is 64.5 Å². The predicted molar refractivity (Wildman–Crippen MR) is 46.4 cm³/mol. The van der Waals surface area contributed by atoms with Gasteiger partial charge in [0.25, 0.3) is 0 Å². The molecule has 0 unspecified atom stereocenters. The summed E-state index contributed by atoms with van der Waals surface area (Å²) in [5, 5.41) is 0. The van der Waals surface area contributed by atoms with Gasteiger partial charge in [-0.25, -0.2) is 0 Å². The van der Waals surface area contributed by atoms with Crippen LogP contribution in [0.1, 0.15) is 26.2 Å². The summed E-state index contributed by atoms with van der Waals surface area (Å²) in [4.78, 5) is 2.20. The Morgan fingerprint density at radius 2 is 2.10 bits per heavy atom. The van der Waals surface area contributed by atoms with Crippen LogP contribution in [0.5, 0.6) is 0 Å². The minimum atomic E-state index is 0.955. The van der Waals surface area contributed by atoms with Crippen LogP contribution in [-0.2, 0) is 0 Å². The molecule has 55 valence electrons. The second-order valence-electron chi connectivity index (χ2n) is 3.04. The van der Waals surface area contributed by atoms with Gasteiger partial charge in [-0.2, -0.15) is 0 Å². The molecule has 1 radical (unpaired) electrons. The van der Waals surface area contributed by atoms with E-state index in [-0.39, 0.29) is 0 Å². The summed E-state index contributed by atoms with van der Waals surface area (Å²) in [7, 11) is 5.39. The van der Waals surface area contributed by atoms with Gasteiger partial charge in [-0.05, 0) is 0 Å². The van der Waals surface area contributed by atoms with E-state index in [4.69, 9.17) is 7.49 Å².